The topological polar surface area (TPSA) is 24.4 Å². The molecule has 0 aromatic heterocycles. The molecule has 3 rings (SSSR count). The van der Waals surface area contributed by atoms with Gasteiger partial charge in [-0.3, -0.25) is 4.99 Å². The lowest BCUT2D eigenvalue weighted by atomic mass is 9.75. The van der Waals surface area contributed by atoms with Crippen LogP contribution in [0.25, 0.3) is 0 Å². The summed E-state index contributed by atoms with van der Waals surface area (Å²) in [6.45, 7) is 1.46. The van der Waals surface area contributed by atoms with Gasteiger partial charge in [-0.1, -0.05) is 49.2 Å². The Kier molecular flexibility index (Phi) is 4.29. The van der Waals surface area contributed by atoms with Gasteiger partial charge in [0.05, 0.1) is 0 Å². The molecule has 1 heterocycles. The Bertz CT molecular complexity index is 495. The quantitative estimate of drug-likeness (QED) is 0.892. The van der Waals surface area contributed by atoms with Gasteiger partial charge in [0.25, 0.3) is 0 Å². The maximum absolute atomic E-state index is 13.5. The number of aliphatic imine (C=N–C) groups is 1. The van der Waals surface area contributed by atoms with Crippen LogP contribution in [0.2, 0.25) is 0 Å². The summed E-state index contributed by atoms with van der Waals surface area (Å²) in [6, 6.07) is 6.91. The molecule has 1 N–H and O–H groups in total. The Morgan fingerprint density at radius 1 is 1.20 bits per heavy atom. The van der Waals surface area contributed by atoms with E-state index < -0.39 is 0 Å². The molecule has 2 nitrogen and oxygen atoms in total. The van der Waals surface area contributed by atoms with Crippen molar-refractivity contribution in [2.75, 3.05) is 12.3 Å². The molecule has 0 amide bonds. The predicted molar refractivity (Wildman–Crippen MR) is 83.5 cm³/mol. The van der Waals surface area contributed by atoms with E-state index in [9.17, 15) is 4.39 Å². The van der Waals surface area contributed by atoms with Crippen molar-refractivity contribution in [1.29, 1.82) is 0 Å². The first-order chi connectivity index (χ1) is 9.77. The molecule has 0 saturated heterocycles. The average molecular weight is 292 g/mol. The summed E-state index contributed by atoms with van der Waals surface area (Å²) in [5.41, 5.74) is 1.15. The van der Waals surface area contributed by atoms with Gasteiger partial charge in [0, 0.05) is 24.4 Å². The van der Waals surface area contributed by atoms with Crippen LogP contribution in [0.3, 0.4) is 0 Å². The van der Waals surface area contributed by atoms with Gasteiger partial charge in [0.15, 0.2) is 5.17 Å². The maximum Gasteiger partial charge on any atom is 0.156 e. The smallest absolute Gasteiger partial charge is 0.156 e. The number of hydrogen-bond donors (Lipinski definition) is 1. The molecule has 1 aromatic carbocycles. The summed E-state index contributed by atoms with van der Waals surface area (Å²) in [5.74, 6) is 1.01. The molecule has 2 aliphatic rings. The van der Waals surface area contributed by atoms with Crippen LogP contribution in [-0.2, 0) is 6.54 Å². The van der Waals surface area contributed by atoms with Gasteiger partial charge in [0.2, 0.25) is 0 Å². The molecular weight excluding hydrogens is 271 g/mol. The molecule has 1 aliphatic carbocycles. The minimum Gasteiger partial charge on any atom is -0.361 e. The van der Waals surface area contributed by atoms with E-state index in [0.717, 1.165) is 17.5 Å². The van der Waals surface area contributed by atoms with Crippen LogP contribution in [0.4, 0.5) is 4.39 Å². The van der Waals surface area contributed by atoms with Crippen molar-refractivity contribution in [3.63, 3.8) is 0 Å². The van der Waals surface area contributed by atoms with E-state index in [1.54, 1.807) is 6.07 Å². The van der Waals surface area contributed by atoms with E-state index in [1.165, 1.54) is 38.2 Å². The molecule has 0 atom stereocenters. The van der Waals surface area contributed by atoms with Gasteiger partial charge in [-0.2, -0.15) is 0 Å². The summed E-state index contributed by atoms with van der Waals surface area (Å²) in [5, 5.41) is 4.25. The Morgan fingerprint density at radius 3 is 2.70 bits per heavy atom. The van der Waals surface area contributed by atoms with Gasteiger partial charge < -0.3 is 5.32 Å². The van der Waals surface area contributed by atoms with Crippen LogP contribution in [0.15, 0.2) is 29.3 Å². The van der Waals surface area contributed by atoms with Gasteiger partial charge in [0.1, 0.15) is 5.82 Å². The fourth-order valence-corrected chi connectivity index (χ4v) is 4.23. The van der Waals surface area contributed by atoms with E-state index in [-0.39, 0.29) is 5.82 Å². The standard InChI is InChI=1S/C16H21FN2S/c17-14-7-3-2-6-13(14)10-18-15-19-11-16(12-20-15)8-4-1-5-9-16/h2-3,6-7H,1,4-5,8-12H2,(H,18,19). The maximum atomic E-state index is 13.5. The molecule has 1 fully saturated rings. The molecule has 1 saturated carbocycles. The number of rotatable bonds is 2. The van der Waals surface area contributed by atoms with Crippen LogP contribution in [0.1, 0.15) is 37.7 Å². The molecule has 0 radical (unpaired) electrons. The lowest BCUT2D eigenvalue weighted by Crippen LogP contribution is -2.36. The Morgan fingerprint density at radius 2 is 2.00 bits per heavy atom. The van der Waals surface area contributed by atoms with Gasteiger partial charge in [-0.15, -0.1) is 0 Å². The normalized spacial score (nSPS) is 21.6. The SMILES string of the molecule is Fc1ccccc1CNC1=NCC2(CCCCC2)CS1. The van der Waals surface area contributed by atoms with Crippen LogP contribution in [0.5, 0.6) is 0 Å². The molecule has 108 valence electrons. The zero-order valence-corrected chi connectivity index (χ0v) is 12.5. The van der Waals surface area contributed by atoms with Crippen molar-refractivity contribution in [2.45, 2.75) is 38.6 Å². The highest BCUT2D eigenvalue weighted by Crippen LogP contribution is 2.41. The third-order valence-corrected chi connectivity index (χ3v) is 5.68. The number of halogens is 1. The number of hydrogen-bond acceptors (Lipinski definition) is 3. The van der Waals surface area contributed by atoms with Crippen molar-refractivity contribution in [3.8, 4) is 0 Å². The highest BCUT2D eigenvalue weighted by Gasteiger charge is 2.34. The summed E-state index contributed by atoms with van der Waals surface area (Å²) in [7, 11) is 0. The minimum atomic E-state index is -0.148. The fraction of sp³-hybridized carbons (Fsp3) is 0.562. The van der Waals surface area contributed by atoms with E-state index >= 15 is 0 Å². The van der Waals surface area contributed by atoms with Crippen molar-refractivity contribution >= 4 is 16.9 Å². The van der Waals surface area contributed by atoms with Crippen LogP contribution < -0.4 is 5.32 Å². The summed E-state index contributed by atoms with van der Waals surface area (Å²) < 4.78 is 13.5. The van der Waals surface area contributed by atoms with E-state index in [0.29, 0.717) is 17.5 Å². The van der Waals surface area contributed by atoms with Crippen LogP contribution in [-0.4, -0.2) is 17.5 Å². The largest absolute Gasteiger partial charge is 0.361 e. The van der Waals surface area contributed by atoms with Gasteiger partial charge in [-0.25, -0.2) is 4.39 Å². The molecule has 1 aliphatic heterocycles. The molecule has 1 aromatic rings. The second-order valence-electron chi connectivity index (χ2n) is 5.92. The highest BCUT2D eigenvalue weighted by atomic mass is 32.2. The number of benzene rings is 1. The Hall–Kier alpha value is -1.03. The molecule has 0 unspecified atom stereocenters. The zero-order chi connectivity index (χ0) is 13.8. The lowest BCUT2D eigenvalue weighted by Gasteiger charge is -2.38. The van der Waals surface area contributed by atoms with Crippen LogP contribution in [0, 0.1) is 11.2 Å². The predicted octanol–water partition coefficient (Wildman–Crippen LogP) is 3.97. The number of amidine groups is 1. The number of thioether (sulfide) groups is 1. The first kappa shape index (κ1) is 13.9. The van der Waals surface area contributed by atoms with Crippen molar-refractivity contribution in [2.24, 2.45) is 10.4 Å². The molecular formula is C16H21FN2S. The van der Waals surface area contributed by atoms with Gasteiger partial charge >= 0.3 is 0 Å². The third-order valence-electron chi connectivity index (χ3n) is 4.38. The number of nitrogens with one attached hydrogen (secondary N) is 1. The van der Waals surface area contributed by atoms with E-state index in [4.69, 9.17) is 4.99 Å². The summed E-state index contributed by atoms with van der Waals surface area (Å²) in [4.78, 5) is 4.70. The van der Waals surface area contributed by atoms with Crippen molar-refractivity contribution in [1.82, 2.24) is 5.32 Å². The molecule has 20 heavy (non-hydrogen) atoms. The Labute approximate surface area is 124 Å². The average Bonchev–Trinajstić information content (AvgIpc) is 2.49. The molecule has 0 bridgehead atoms. The summed E-state index contributed by atoms with van der Waals surface area (Å²) >= 11 is 1.81. The van der Waals surface area contributed by atoms with E-state index in [2.05, 4.69) is 5.32 Å². The lowest BCUT2D eigenvalue weighted by molar-refractivity contribution is 0.232. The minimum absolute atomic E-state index is 0.148. The Balaban J connectivity index is 1.56. The second-order valence-corrected chi connectivity index (χ2v) is 6.88. The van der Waals surface area contributed by atoms with E-state index in [1.807, 2.05) is 23.9 Å². The van der Waals surface area contributed by atoms with Crippen LogP contribution >= 0.6 is 11.8 Å². The first-order valence-corrected chi connectivity index (χ1v) is 8.41. The van der Waals surface area contributed by atoms with Gasteiger partial charge in [-0.05, 0) is 24.3 Å². The molecule has 4 heteroatoms. The summed E-state index contributed by atoms with van der Waals surface area (Å²) in [6.07, 6.45) is 6.74. The van der Waals surface area contributed by atoms with Crippen molar-refractivity contribution < 1.29 is 4.39 Å². The highest BCUT2D eigenvalue weighted by molar-refractivity contribution is 8.13. The first-order valence-electron chi connectivity index (χ1n) is 7.42. The second kappa shape index (κ2) is 6.17. The monoisotopic (exact) mass is 292 g/mol. The zero-order valence-electron chi connectivity index (χ0n) is 11.7. The number of nitrogens with zero attached hydrogens (tertiary/aromatic N) is 1. The van der Waals surface area contributed by atoms with Crippen molar-refractivity contribution in [3.05, 3.63) is 35.6 Å². The fourth-order valence-electron chi connectivity index (χ4n) is 3.08. The molecule has 1 spiro atoms. The third kappa shape index (κ3) is 3.17.